The first-order valence-corrected chi connectivity index (χ1v) is 6.46. The third-order valence-corrected chi connectivity index (χ3v) is 2.68. The van der Waals surface area contributed by atoms with E-state index in [2.05, 4.69) is 5.32 Å². The summed E-state index contributed by atoms with van der Waals surface area (Å²) in [5.74, 6) is 0. The summed E-state index contributed by atoms with van der Waals surface area (Å²) in [4.78, 5) is 11.7. The number of benzene rings is 1. The molecule has 1 rings (SSSR count). The van der Waals surface area contributed by atoms with Gasteiger partial charge in [0, 0.05) is 5.54 Å². The lowest BCUT2D eigenvalue weighted by Gasteiger charge is -2.22. The van der Waals surface area contributed by atoms with Crippen LogP contribution in [0.4, 0.5) is 10.5 Å². The van der Waals surface area contributed by atoms with Crippen LogP contribution < -0.4 is 11.1 Å². The van der Waals surface area contributed by atoms with Crippen molar-refractivity contribution in [3.8, 4) is 0 Å². The summed E-state index contributed by atoms with van der Waals surface area (Å²) in [6.45, 7) is 9.16. The van der Waals surface area contributed by atoms with E-state index in [1.807, 2.05) is 19.9 Å². The van der Waals surface area contributed by atoms with Crippen molar-refractivity contribution in [3.05, 3.63) is 28.8 Å². The Labute approximate surface area is 119 Å². The topological polar surface area (TPSA) is 64.3 Å². The van der Waals surface area contributed by atoms with Gasteiger partial charge in [0.15, 0.2) is 0 Å². The van der Waals surface area contributed by atoms with Crippen molar-refractivity contribution in [2.75, 3.05) is 5.32 Å². The van der Waals surface area contributed by atoms with Crippen LogP contribution in [0.2, 0.25) is 5.02 Å². The fourth-order valence-electron chi connectivity index (χ4n) is 1.44. The van der Waals surface area contributed by atoms with E-state index in [1.165, 1.54) is 0 Å². The van der Waals surface area contributed by atoms with Crippen LogP contribution in [-0.4, -0.2) is 11.7 Å². The number of anilines is 1. The standard InChI is InChI=1S/C14H21ClN2O2/c1-13(2,3)19-12(18)17-11-8-9(14(4,5)16)6-7-10(11)15/h6-8H,16H2,1-5H3,(H,17,18). The molecule has 0 heterocycles. The zero-order chi connectivity index (χ0) is 14.8. The van der Waals surface area contributed by atoms with Gasteiger partial charge in [0.1, 0.15) is 5.60 Å². The molecule has 0 bridgehead atoms. The third kappa shape index (κ3) is 5.09. The highest BCUT2D eigenvalue weighted by Crippen LogP contribution is 2.28. The fraction of sp³-hybridized carbons (Fsp3) is 0.500. The van der Waals surface area contributed by atoms with Crippen LogP contribution in [0.25, 0.3) is 0 Å². The molecule has 0 aliphatic heterocycles. The second kappa shape index (κ2) is 5.39. The number of hydrogen-bond donors (Lipinski definition) is 2. The highest BCUT2D eigenvalue weighted by molar-refractivity contribution is 6.33. The number of nitrogens with one attached hydrogen (secondary N) is 1. The monoisotopic (exact) mass is 284 g/mol. The summed E-state index contributed by atoms with van der Waals surface area (Å²) in [5, 5.41) is 3.07. The molecule has 0 aliphatic carbocycles. The number of nitrogens with two attached hydrogens (primary N) is 1. The summed E-state index contributed by atoms with van der Waals surface area (Å²) >= 11 is 6.05. The Bertz CT molecular complexity index is 473. The SMILES string of the molecule is CC(C)(C)OC(=O)Nc1cc(C(C)(C)N)ccc1Cl. The highest BCUT2D eigenvalue weighted by atomic mass is 35.5. The molecule has 0 saturated heterocycles. The third-order valence-electron chi connectivity index (χ3n) is 2.35. The van der Waals surface area contributed by atoms with Crippen LogP contribution in [0.3, 0.4) is 0 Å². The largest absolute Gasteiger partial charge is 0.444 e. The van der Waals surface area contributed by atoms with Crippen molar-refractivity contribution in [1.29, 1.82) is 0 Å². The molecule has 1 aromatic rings. The van der Waals surface area contributed by atoms with E-state index >= 15 is 0 Å². The molecule has 4 nitrogen and oxygen atoms in total. The number of halogens is 1. The van der Waals surface area contributed by atoms with Crippen molar-refractivity contribution in [2.45, 2.75) is 45.8 Å². The first kappa shape index (κ1) is 15.8. The molecule has 0 saturated carbocycles. The molecule has 0 fully saturated rings. The van der Waals surface area contributed by atoms with Gasteiger partial charge < -0.3 is 10.5 Å². The van der Waals surface area contributed by atoms with Gasteiger partial charge in [-0.25, -0.2) is 4.79 Å². The Morgan fingerprint density at radius 2 is 1.84 bits per heavy atom. The predicted octanol–water partition coefficient (Wildman–Crippen LogP) is 3.88. The molecule has 0 aromatic heterocycles. The van der Waals surface area contributed by atoms with Crippen LogP contribution >= 0.6 is 11.6 Å². The Kier molecular flexibility index (Phi) is 4.48. The molecular formula is C14H21ClN2O2. The average Bonchev–Trinajstić information content (AvgIpc) is 2.16. The first-order valence-electron chi connectivity index (χ1n) is 6.08. The van der Waals surface area contributed by atoms with Gasteiger partial charge in [-0.2, -0.15) is 0 Å². The molecule has 0 aliphatic rings. The number of rotatable bonds is 2. The fourth-order valence-corrected chi connectivity index (χ4v) is 1.60. The summed E-state index contributed by atoms with van der Waals surface area (Å²) in [7, 11) is 0. The van der Waals surface area contributed by atoms with E-state index < -0.39 is 17.2 Å². The second-order valence-electron chi connectivity index (χ2n) is 6.04. The van der Waals surface area contributed by atoms with Gasteiger partial charge in [-0.3, -0.25) is 5.32 Å². The van der Waals surface area contributed by atoms with E-state index in [0.717, 1.165) is 5.56 Å². The molecule has 19 heavy (non-hydrogen) atoms. The maximum atomic E-state index is 11.7. The Morgan fingerprint density at radius 1 is 1.26 bits per heavy atom. The molecular weight excluding hydrogens is 264 g/mol. The van der Waals surface area contributed by atoms with Crippen molar-refractivity contribution in [1.82, 2.24) is 0 Å². The number of hydrogen-bond acceptors (Lipinski definition) is 3. The molecule has 106 valence electrons. The molecule has 0 unspecified atom stereocenters. The van der Waals surface area contributed by atoms with Gasteiger partial charge in [-0.15, -0.1) is 0 Å². The smallest absolute Gasteiger partial charge is 0.412 e. The lowest BCUT2D eigenvalue weighted by molar-refractivity contribution is 0.0636. The molecule has 0 spiro atoms. The number of ether oxygens (including phenoxy) is 1. The minimum Gasteiger partial charge on any atom is -0.444 e. The molecule has 5 heteroatoms. The molecule has 1 aromatic carbocycles. The van der Waals surface area contributed by atoms with Crippen molar-refractivity contribution < 1.29 is 9.53 Å². The van der Waals surface area contributed by atoms with E-state index in [9.17, 15) is 4.79 Å². The summed E-state index contributed by atoms with van der Waals surface area (Å²) in [5.41, 5.74) is 6.33. The van der Waals surface area contributed by atoms with Gasteiger partial charge in [0.2, 0.25) is 0 Å². The van der Waals surface area contributed by atoms with E-state index in [4.69, 9.17) is 22.1 Å². The van der Waals surface area contributed by atoms with Crippen molar-refractivity contribution >= 4 is 23.4 Å². The molecule has 0 atom stereocenters. The van der Waals surface area contributed by atoms with Gasteiger partial charge in [0.25, 0.3) is 0 Å². The van der Waals surface area contributed by atoms with Gasteiger partial charge >= 0.3 is 6.09 Å². The molecule has 3 N–H and O–H groups in total. The Morgan fingerprint density at radius 3 is 2.32 bits per heavy atom. The maximum absolute atomic E-state index is 11.7. The molecule has 1 amide bonds. The quantitative estimate of drug-likeness (QED) is 0.866. The van der Waals surface area contributed by atoms with Gasteiger partial charge in [-0.05, 0) is 52.3 Å². The van der Waals surface area contributed by atoms with Crippen LogP contribution in [0.15, 0.2) is 18.2 Å². The second-order valence-corrected chi connectivity index (χ2v) is 6.45. The van der Waals surface area contributed by atoms with Crippen LogP contribution in [-0.2, 0) is 10.3 Å². The zero-order valence-corrected chi connectivity index (χ0v) is 12.8. The summed E-state index contributed by atoms with van der Waals surface area (Å²) in [6.07, 6.45) is -0.540. The summed E-state index contributed by atoms with van der Waals surface area (Å²) < 4.78 is 5.18. The number of carbonyl (C=O) groups is 1. The predicted molar refractivity (Wildman–Crippen MR) is 78.5 cm³/mol. The molecule has 0 radical (unpaired) electrons. The zero-order valence-electron chi connectivity index (χ0n) is 12.0. The summed E-state index contributed by atoms with van der Waals surface area (Å²) in [6, 6.07) is 5.30. The van der Waals surface area contributed by atoms with E-state index in [-0.39, 0.29) is 0 Å². The van der Waals surface area contributed by atoms with Crippen LogP contribution in [0.1, 0.15) is 40.2 Å². The minimum absolute atomic E-state index is 0.443. The van der Waals surface area contributed by atoms with E-state index in [0.29, 0.717) is 10.7 Å². The lowest BCUT2D eigenvalue weighted by Crippen LogP contribution is -2.29. The van der Waals surface area contributed by atoms with Gasteiger partial charge in [0.05, 0.1) is 10.7 Å². The van der Waals surface area contributed by atoms with Crippen molar-refractivity contribution in [2.24, 2.45) is 5.73 Å². The van der Waals surface area contributed by atoms with Gasteiger partial charge in [-0.1, -0.05) is 17.7 Å². The number of carbonyl (C=O) groups excluding carboxylic acids is 1. The average molecular weight is 285 g/mol. The Hall–Kier alpha value is -1.26. The maximum Gasteiger partial charge on any atom is 0.412 e. The van der Waals surface area contributed by atoms with Crippen molar-refractivity contribution in [3.63, 3.8) is 0 Å². The van der Waals surface area contributed by atoms with E-state index in [1.54, 1.807) is 32.9 Å². The Balaban J connectivity index is 2.92. The first-order chi connectivity index (χ1) is 8.49. The lowest BCUT2D eigenvalue weighted by atomic mass is 9.95. The van der Waals surface area contributed by atoms with Crippen LogP contribution in [0, 0.1) is 0 Å². The minimum atomic E-state index is -0.554. The van der Waals surface area contributed by atoms with Crippen LogP contribution in [0.5, 0.6) is 0 Å². The normalized spacial score (nSPS) is 12.2. The highest BCUT2D eigenvalue weighted by Gasteiger charge is 2.19. The number of amides is 1.